The standard InChI is InChI=1S/C3H5Cl2F.2C3H4ClF.ClH/c1-3(5,6)2-4;2*1-3(5)2-4;/h2H2,1H3;2*2H,1H3;1H/b;3-2+;3-2-;. The lowest BCUT2D eigenvalue weighted by atomic mass is 10.5. The third kappa shape index (κ3) is 60.8. The van der Waals surface area contributed by atoms with Gasteiger partial charge in [-0.1, -0.05) is 34.8 Å². The lowest BCUT2D eigenvalue weighted by Crippen LogP contribution is -2.08. The molecule has 0 rings (SSSR count). The van der Waals surface area contributed by atoms with Crippen molar-refractivity contribution in [3.05, 3.63) is 22.7 Å². The van der Waals surface area contributed by atoms with Crippen molar-refractivity contribution in [1.82, 2.24) is 0 Å². The van der Waals surface area contributed by atoms with Crippen LogP contribution in [0.25, 0.3) is 0 Å². The fourth-order valence-electron chi connectivity index (χ4n) is 0. The molecule has 0 spiro atoms. The number of halogens is 8. The molecule has 1 atom stereocenters. The summed E-state index contributed by atoms with van der Waals surface area (Å²) in [5.41, 5.74) is 1.78. The van der Waals surface area contributed by atoms with Gasteiger partial charge in [0.2, 0.25) is 0 Å². The summed E-state index contributed by atoms with van der Waals surface area (Å²) in [5, 5.41) is -1.72. The van der Waals surface area contributed by atoms with Crippen molar-refractivity contribution in [2.24, 2.45) is 0 Å². The SMILES string of the molecule is C/C(F)=C/Cl.C/C(F)=C\Cl.CC(F)(Cl)CCl.Cl. The van der Waals surface area contributed by atoms with E-state index in [1.807, 2.05) is 0 Å². The first-order chi connectivity index (χ1) is 7.10. The van der Waals surface area contributed by atoms with Crippen molar-refractivity contribution < 1.29 is 13.2 Å². The second-order valence-corrected chi connectivity index (χ2v) is 4.09. The molecule has 0 aliphatic heterocycles. The summed E-state index contributed by atoms with van der Waals surface area (Å²) in [6.45, 7) is 3.78. The smallest absolute Gasteiger partial charge is 0.194 e. The Morgan fingerprint density at radius 1 is 1.12 bits per heavy atom. The zero-order valence-corrected chi connectivity index (χ0v) is 13.3. The lowest BCUT2D eigenvalue weighted by Gasteiger charge is -2.02. The monoisotopic (exact) mass is 354 g/mol. The van der Waals surface area contributed by atoms with Gasteiger partial charge in [-0.25, -0.2) is 13.2 Å². The van der Waals surface area contributed by atoms with E-state index in [2.05, 4.69) is 0 Å². The number of hydrogen-bond acceptors (Lipinski definition) is 0. The average Bonchev–Trinajstić information content (AvgIpc) is 2.18. The molecule has 0 nitrogen and oxygen atoms in total. The Bertz CT molecular complexity index is 187. The second-order valence-electron chi connectivity index (χ2n) is 2.60. The Morgan fingerprint density at radius 2 is 1.24 bits per heavy atom. The molecule has 0 bridgehead atoms. The third-order valence-corrected chi connectivity index (χ3v) is 1.91. The zero-order valence-electron chi connectivity index (χ0n) is 9.42. The molecule has 0 N–H and O–H groups in total. The summed E-state index contributed by atoms with van der Waals surface area (Å²) < 4.78 is 34.1. The van der Waals surface area contributed by atoms with Crippen LogP contribution in [0.2, 0.25) is 0 Å². The maximum absolute atomic E-state index is 11.8. The van der Waals surface area contributed by atoms with Crippen molar-refractivity contribution in [1.29, 1.82) is 0 Å². The highest BCUT2D eigenvalue weighted by atomic mass is 35.5. The van der Waals surface area contributed by atoms with E-state index in [1.165, 1.54) is 20.8 Å². The summed E-state index contributed by atoms with van der Waals surface area (Å²) in [6.07, 6.45) is 0. The first-order valence-corrected chi connectivity index (χ1v) is 5.68. The largest absolute Gasteiger partial charge is 0.225 e. The van der Waals surface area contributed by atoms with Gasteiger partial charge >= 0.3 is 0 Å². The van der Waals surface area contributed by atoms with Gasteiger partial charge in [0.15, 0.2) is 5.13 Å². The van der Waals surface area contributed by atoms with Gasteiger partial charge in [0.25, 0.3) is 0 Å². The van der Waals surface area contributed by atoms with Gasteiger partial charge in [0.05, 0.1) is 5.88 Å². The molecular formula is C9H14Cl5F3. The van der Waals surface area contributed by atoms with Gasteiger partial charge in [0.1, 0.15) is 11.7 Å². The summed E-state index contributed by atoms with van der Waals surface area (Å²) in [7, 11) is 0. The van der Waals surface area contributed by atoms with Crippen LogP contribution in [0.4, 0.5) is 13.2 Å². The molecule has 106 valence electrons. The Kier molecular flexibility index (Phi) is 25.9. The molecule has 17 heavy (non-hydrogen) atoms. The molecule has 0 aromatic rings. The molecule has 1 unspecified atom stereocenters. The average molecular weight is 356 g/mol. The van der Waals surface area contributed by atoms with Crippen molar-refractivity contribution in [2.75, 3.05) is 5.88 Å². The molecule has 0 aromatic heterocycles. The van der Waals surface area contributed by atoms with Crippen molar-refractivity contribution in [3.8, 4) is 0 Å². The molecule has 0 aliphatic rings. The quantitative estimate of drug-likeness (QED) is 0.460. The molecule has 8 heteroatoms. The number of alkyl halides is 3. The van der Waals surface area contributed by atoms with Gasteiger partial charge in [0, 0.05) is 11.1 Å². The summed E-state index contributed by atoms with van der Waals surface area (Å²) in [4.78, 5) is 0. The minimum atomic E-state index is -1.72. The van der Waals surface area contributed by atoms with Gasteiger partial charge in [-0.3, -0.25) is 0 Å². The molecule has 0 saturated heterocycles. The second kappa shape index (κ2) is 16.7. The summed E-state index contributed by atoms with van der Waals surface area (Å²) >= 11 is 19.5. The van der Waals surface area contributed by atoms with E-state index >= 15 is 0 Å². The molecular weight excluding hydrogens is 342 g/mol. The number of rotatable bonds is 1. The predicted octanol–water partition coefficient (Wildman–Crippen LogP) is 6.68. The van der Waals surface area contributed by atoms with Gasteiger partial charge in [-0.05, 0) is 20.8 Å². The fourth-order valence-corrected chi connectivity index (χ4v) is 0. The van der Waals surface area contributed by atoms with Crippen LogP contribution in [-0.2, 0) is 0 Å². The van der Waals surface area contributed by atoms with E-state index in [4.69, 9.17) is 46.4 Å². The van der Waals surface area contributed by atoms with Crippen LogP contribution < -0.4 is 0 Å². The van der Waals surface area contributed by atoms with E-state index < -0.39 is 5.13 Å². The van der Waals surface area contributed by atoms with E-state index in [0.29, 0.717) is 0 Å². The van der Waals surface area contributed by atoms with E-state index in [0.717, 1.165) is 11.1 Å². The van der Waals surface area contributed by atoms with Crippen LogP contribution in [0.5, 0.6) is 0 Å². The van der Waals surface area contributed by atoms with Gasteiger partial charge < -0.3 is 0 Å². The lowest BCUT2D eigenvalue weighted by molar-refractivity contribution is 0.340. The highest BCUT2D eigenvalue weighted by Crippen LogP contribution is 2.15. The molecule has 0 heterocycles. The topological polar surface area (TPSA) is 0 Å². The Balaban J connectivity index is -0.0000000729. The van der Waals surface area contributed by atoms with E-state index in [9.17, 15) is 13.2 Å². The maximum Gasteiger partial charge on any atom is 0.194 e. The van der Waals surface area contributed by atoms with Crippen LogP contribution in [0, 0.1) is 0 Å². The first-order valence-electron chi connectivity index (χ1n) is 3.89. The number of hydrogen-bond donors (Lipinski definition) is 0. The zero-order chi connectivity index (χ0) is 13.8. The number of allylic oxidation sites excluding steroid dienone is 2. The summed E-state index contributed by atoms with van der Waals surface area (Å²) in [5.74, 6) is -0.868. The van der Waals surface area contributed by atoms with Gasteiger partial charge in [-0.2, -0.15) is 0 Å². The first kappa shape index (κ1) is 26.3. The van der Waals surface area contributed by atoms with Gasteiger partial charge in [-0.15, -0.1) is 24.0 Å². The van der Waals surface area contributed by atoms with Crippen molar-refractivity contribution >= 4 is 58.8 Å². The van der Waals surface area contributed by atoms with E-state index in [1.54, 1.807) is 0 Å². The third-order valence-electron chi connectivity index (χ3n) is 0.535. The van der Waals surface area contributed by atoms with Crippen LogP contribution in [0.15, 0.2) is 22.7 Å². The van der Waals surface area contributed by atoms with Crippen molar-refractivity contribution in [3.63, 3.8) is 0 Å². The highest BCUT2D eigenvalue weighted by molar-refractivity contribution is 6.29. The minimum absolute atomic E-state index is 0. The minimum Gasteiger partial charge on any atom is -0.225 e. The van der Waals surface area contributed by atoms with Crippen LogP contribution >= 0.6 is 58.8 Å². The van der Waals surface area contributed by atoms with Crippen molar-refractivity contribution in [2.45, 2.75) is 25.9 Å². The Labute approximate surface area is 126 Å². The maximum atomic E-state index is 11.8. The highest BCUT2D eigenvalue weighted by Gasteiger charge is 2.14. The molecule has 0 fully saturated rings. The summed E-state index contributed by atoms with van der Waals surface area (Å²) in [6, 6.07) is 0. The fraction of sp³-hybridized carbons (Fsp3) is 0.556. The van der Waals surface area contributed by atoms with Crippen LogP contribution in [0.1, 0.15) is 20.8 Å². The molecule has 0 saturated carbocycles. The molecule has 0 aromatic carbocycles. The predicted molar refractivity (Wildman–Crippen MR) is 74.8 cm³/mol. The van der Waals surface area contributed by atoms with E-state index in [-0.39, 0.29) is 29.9 Å². The molecule has 0 amide bonds. The Hall–Kier alpha value is 0.720. The Morgan fingerprint density at radius 3 is 1.24 bits per heavy atom. The van der Waals surface area contributed by atoms with Crippen LogP contribution in [-0.4, -0.2) is 11.0 Å². The van der Waals surface area contributed by atoms with Crippen LogP contribution in [0.3, 0.4) is 0 Å². The normalized spacial score (nSPS) is 14.2. The molecule has 0 radical (unpaired) electrons. The molecule has 0 aliphatic carbocycles.